The van der Waals surface area contributed by atoms with Crippen LogP contribution < -0.4 is 5.56 Å². The number of hydrogen-bond donors (Lipinski definition) is 2. The van der Waals surface area contributed by atoms with Gasteiger partial charge in [-0.1, -0.05) is 0 Å². The molecule has 0 atom stereocenters. The van der Waals surface area contributed by atoms with Crippen molar-refractivity contribution in [2.24, 2.45) is 0 Å². The summed E-state index contributed by atoms with van der Waals surface area (Å²) in [4.78, 5) is 36.5. The van der Waals surface area contributed by atoms with E-state index in [2.05, 4.69) is 10.2 Å². The molecule has 0 aliphatic heterocycles. The molecule has 0 spiro atoms. The Bertz CT molecular complexity index is 604. The molecule has 0 bridgehead atoms. The predicted molar refractivity (Wildman–Crippen MR) is 70.6 cm³/mol. The van der Waals surface area contributed by atoms with Crippen LogP contribution in [0.4, 0.5) is 0 Å². The highest BCUT2D eigenvalue weighted by atomic mass is 16.4. The minimum Gasteiger partial charge on any atom is -0.481 e. The molecule has 7 heteroatoms. The minimum atomic E-state index is -0.958. The largest absolute Gasteiger partial charge is 0.481 e. The number of aryl methyl sites for hydroxylation is 1. The average Bonchev–Trinajstić information content (AvgIpc) is 3.19. The first kappa shape index (κ1) is 14.2. The molecule has 1 amide bonds. The molecule has 0 saturated heterocycles. The van der Waals surface area contributed by atoms with Gasteiger partial charge in [0.05, 0.1) is 12.1 Å². The number of carboxylic acid groups (broad SMARTS) is 1. The fourth-order valence-electron chi connectivity index (χ4n) is 2.08. The van der Waals surface area contributed by atoms with E-state index >= 15 is 0 Å². The Balaban J connectivity index is 2.30. The van der Waals surface area contributed by atoms with E-state index in [1.165, 1.54) is 4.90 Å². The Morgan fingerprint density at radius 1 is 1.40 bits per heavy atom. The summed E-state index contributed by atoms with van der Waals surface area (Å²) in [6.45, 7) is 3.51. The summed E-state index contributed by atoms with van der Waals surface area (Å²) in [5.74, 6) is -1.36. The van der Waals surface area contributed by atoms with Crippen LogP contribution >= 0.6 is 0 Å². The Morgan fingerprint density at radius 3 is 2.60 bits per heavy atom. The fraction of sp³-hybridized carbons (Fsp3) is 0.538. The molecule has 20 heavy (non-hydrogen) atoms. The highest BCUT2D eigenvalue weighted by Gasteiger charge is 2.34. The van der Waals surface area contributed by atoms with Gasteiger partial charge in [-0.15, -0.1) is 0 Å². The second kappa shape index (κ2) is 5.44. The summed E-state index contributed by atoms with van der Waals surface area (Å²) in [7, 11) is 0. The molecule has 2 N–H and O–H groups in total. The first-order chi connectivity index (χ1) is 9.41. The Labute approximate surface area is 115 Å². The van der Waals surface area contributed by atoms with Gasteiger partial charge in [0.15, 0.2) is 0 Å². The Kier molecular flexibility index (Phi) is 3.87. The number of aromatic amines is 1. The summed E-state index contributed by atoms with van der Waals surface area (Å²) < 4.78 is 0. The number of hydrogen-bond acceptors (Lipinski definition) is 4. The third-order valence-electron chi connectivity index (χ3n) is 3.50. The standard InChI is InChI=1S/C13H17N3O4/c1-7-8(2)14-15-12(19)11(7)13(20)16(9-3-4-9)6-5-10(17)18/h9H,3-6H2,1-2H3,(H,15,19)(H,17,18). The van der Waals surface area contributed by atoms with Gasteiger partial charge >= 0.3 is 5.97 Å². The quantitative estimate of drug-likeness (QED) is 0.815. The number of H-pyrrole nitrogens is 1. The van der Waals surface area contributed by atoms with Crippen molar-refractivity contribution in [3.8, 4) is 0 Å². The molecule has 1 heterocycles. The molecular weight excluding hydrogens is 262 g/mol. The molecule has 0 aromatic carbocycles. The predicted octanol–water partition coefficient (Wildman–Crippen LogP) is 0.466. The van der Waals surface area contributed by atoms with Crippen molar-refractivity contribution < 1.29 is 14.7 Å². The lowest BCUT2D eigenvalue weighted by Crippen LogP contribution is -2.39. The number of nitrogens with one attached hydrogen (secondary N) is 1. The normalized spacial score (nSPS) is 14.1. The van der Waals surface area contributed by atoms with E-state index in [0.29, 0.717) is 11.3 Å². The molecular formula is C13H17N3O4. The van der Waals surface area contributed by atoms with Gasteiger partial charge in [-0.25, -0.2) is 5.10 Å². The van der Waals surface area contributed by atoms with Crippen LogP contribution in [0.3, 0.4) is 0 Å². The summed E-state index contributed by atoms with van der Waals surface area (Å²) in [6, 6.07) is 0.0501. The molecule has 2 rings (SSSR count). The number of carbonyl (C=O) groups is 2. The van der Waals surface area contributed by atoms with Gasteiger partial charge in [-0.3, -0.25) is 14.4 Å². The van der Waals surface area contributed by atoms with Gasteiger partial charge in [0.25, 0.3) is 11.5 Å². The van der Waals surface area contributed by atoms with Gasteiger partial charge in [0, 0.05) is 12.6 Å². The maximum atomic E-state index is 12.5. The fourth-order valence-corrected chi connectivity index (χ4v) is 2.08. The summed E-state index contributed by atoms with van der Waals surface area (Å²) in [5, 5.41) is 14.9. The molecule has 1 aromatic rings. The van der Waals surface area contributed by atoms with Crippen LogP contribution in [0.2, 0.25) is 0 Å². The van der Waals surface area contributed by atoms with E-state index in [9.17, 15) is 14.4 Å². The first-order valence-corrected chi connectivity index (χ1v) is 6.50. The van der Waals surface area contributed by atoms with Crippen molar-refractivity contribution >= 4 is 11.9 Å². The van der Waals surface area contributed by atoms with E-state index in [-0.39, 0.29) is 24.6 Å². The van der Waals surface area contributed by atoms with E-state index in [1.807, 2.05) is 0 Å². The zero-order chi connectivity index (χ0) is 14.9. The van der Waals surface area contributed by atoms with Gasteiger partial charge in [0.2, 0.25) is 0 Å². The smallest absolute Gasteiger partial charge is 0.305 e. The molecule has 108 valence electrons. The molecule has 1 aliphatic carbocycles. The molecule has 1 aliphatic rings. The van der Waals surface area contributed by atoms with Crippen molar-refractivity contribution in [2.45, 2.75) is 39.2 Å². The molecule has 0 radical (unpaired) electrons. The number of carbonyl (C=O) groups excluding carboxylic acids is 1. The van der Waals surface area contributed by atoms with Gasteiger partial charge in [0.1, 0.15) is 5.56 Å². The summed E-state index contributed by atoms with van der Waals surface area (Å²) in [6.07, 6.45) is 1.59. The highest BCUT2D eigenvalue weighted by molar-refractivity contribution is 5.96. The zero-order valence-corrected chi connectivity index (χ0v) is 11.5. The Morgan fingerprint density at radius 2 is 2.05 bits per heavy atom. The SMILES string of the molecule is Cc1n[nH]c(=O)c(C(=O)N(CCC(=O)O)C2CC2)c1C. The number of aromatic nitrogens is 2. The highest BCUT2D eigenvalue weighted by Crippen LogP contribution is 2.28. The molecule has 7 nitrogen and oxygen atoms in total. The summed E-state index contributed by atoms with van der Waals surface area (Å²) >= 11 is 0. The molecule has 1 fully saturated rings. The van der Waals surface area contributed by atoms with Crippen molar-refractivity contribution in [3.63, 3.8) is 0 Å². The van der Waals surface area contributed by atoms with E-state index in [4.69, 9.17) is 5.11 Å². The monoisotopic (exact) mass is 279 g/mol. The molecule has 1 aromatic heterocycles. The van der Waals surface area contributed by atoms with Crippen molar-refractivity contribution in [3.05, 3.63) is 27.2 Å². The number of aliphatic carboxylic acids is 1. The van der Waals surface area contributed by atoms with Crippen LogP contribution in [-0.4, -0.2) is 44.7 Å². The van der Waals surface area contributed by atoms with Crippen LogP contribution in [0, 0.1) is 13.8 Å². The van der Waals surface area contributed by atoms with Crippen LogP contribution in [-0.2, 0) is 4.79 Å². The first-order valence-electron chi connectivity index (χ1n) is 6.50. The third kappa shape index (κ3) is 2.87. The number of amides is 1. The number of nitrogens with zero attached hydrogens (tertiary/aromatic N) is 2. The lowest BCUT2D eigenvalue weighted by molar-refractivity contribution is -0.137. The summed E-state index contributed by atoms with van der Waals surface area (Å²) in [5.41, 5.74) is 0.663. The van der Waals surface area contributed by atoms with Crippen LogP contribution in [0.25, 0.3) is 0 Å². The van der Waals surface area contributed by atoms with E-state index < -0.39 is 17.4 Å². The minimum absolute atomic E-state index is 0.0501. The van der Waals surface area contributed by atoms with Crippen LogP contribution in [0.15, 0.2) is 4.79 Å². The topological polar surface area (TPSA) is 103 Å². The lowest BCUT2D eigenvalue weighted by Gasteiger charge is -2.22. The number of rotatable bonds is 5. The average molecular weight is 279 g/mol. The second-order valence-corrected chi connectivity index (χ2v) is 5.01. The van der Waals surface area contributed by atoms with E-state index in [1.54, 1.807) is 13.8 Å². The van der Waals surface area contributed by atoms with E-state index in [0.717, 1.165) is 12.8 Å². The van der Waals surface area contributed by atoms with Crippen molar-refractivity contribution in [1.29, 1.82) is 0 Å². The maximum absolute atomic E-state index is 12.5. The van der Waals surface area contributed by atoms with Gasteiger partial charge in [-0.2, -0.15) is 5.10 Å². The Hall–Kier alpha value is -2.18. The second-order valence-electron chi connectivity index (χ2n) is 5.01. The van der Waals surface area contributed by atoms with Crippen molar-refractivity contribution in [2.75, 3.05) is 6.54 Å². The maximum Gasteiger partial charge on any atom is 0.305 e. The van der Waals surface area contributed by atoms with Crippen LogP contribution in [0.5, 0.6) is 0 Å². The zero-order valence-electron chi connectivity index (χ0n) is 11.5. The van der Waals surface area contributed by atoms with Gasteiger partial charge < -0.3 is 10.0 Å². The third-order valence-corrected chi connectivity index (χ3v) is 3.50. The van der Waals surface area contributed by atoms with Gasteiger partial charge in [-0.05, 0) is 32.3 Å². The molecule has 0 unspecified atom stereocenters. The van der Waals surface area contributed by atoms with Crippen LogP contribution in [0.1, 0.15) is 40.9 Å². The lowest BCUT2D eigenvalue weighted by atomic mass is 10.1. The molecule has 1 saturated carbocycles. The van der Waals surface area contributed by atoms with Crippen molar-refractivity contribution in [1.82, 2.24) is 15.1 Å². The number of carboxylic acids is 1.